The van der Waals surface area contributed by atoms with Crippen LogP contribution in [-0.2, 0) is 20.0 Å². The van der Waals surface area contributed by atoms with Crippen molar-refractivity contribution < 1.29 is 4.79 Å². The molecule has 2 heterocycles. The first kappa shape index (κ1) is 14.2. The summed E-state index contributed by atoms with van der Waals surface area (Å²) >= 11 is 0. The Hall–Kier alpha value is -2.24. The van der Waals surface area contributed by atoms with E-state index >= 15 is 0 Å². The number of nitrogen functional groups attached to an aromatic ring is 1. The van der Waals surface area contributed by atoms with Crippen molar-refractivity contribution in [1.29, 1.82) is 0 Å². The zero-order valence-corrected chi connectivity index (χ0v) is 12.0. The minimum atomic E-state index is -0.0858. The Balaban J connectivity index is 1.93. The molecule has 6 heteroatoms. The van der Waals surface area contributed by atoms with E-state index in [0.29, 0.717) is 17.9 Å². The van der Waals surface area contributed by atoms with E-state index in [1.807, 2.05) is 22.4 Å². The van der Waals surface area contributed by atoms with Gasteiger partial charge in [-0.3, -0.25) is 9.48 Å². The van der Waals surface area contributed by atoms with Crippen LogP contribution in [0.5, 0.6) is 0 Å². The SMILES string of the molecule is CCCn1cc(N)cc1C(=O)NCCc1ccnn1C. The van der Waals surface area contributed by atoms with Crippen molar-refractivity contribution in [3.63, 3.8) is 0 Å². The van der Waals surface area contributed by atoms with Gasteiger partial charge in [0.2, 0.25) is 0 Å². The van der Waals surface area contributed by atoms with Gasteiger partial charge in [0.15, 0.2) is 0 Å². The minimum absolute atomic E-state index is 0.0858. The third kappa shape index (κ3) is 3.20. The monoisotopic (exact) mass is 275 g/mol. The van der Waals surface area contributed by atoms with E-state index in [1.54, 1.807) is 18.5 Å². The number of carbonyl (C=O) groups excluding carboxylic acids is 1. The zero-order valence-electron chi connectivity index (χ0n) is 12.0. The Morgan fingerprint density at radius 3 is 2.95 bits per heavy atom. The van der Waals surface area contributed by atoms with Crippen LogP contribution in [-0.4, -0.2) is 26.8 Å². The van der Waals surface area contributed by atoms with Crippen molar-refractivity contribution >= 4 is 11.6 Å². The summed E-state index contributed by atoms with van der Waals surface area (Å²) in [4.78, 5) is 12.2. The van der Waals surface area contributed by atoms with E-state index in [0.717, 1.165) is 25.1 Å². The van der Waals surface area contributed by atoms with Crippen LogP contribution in [0.1, 0.15) is 29.5 Å². The van der Waals surface area contributed by atoms with Gasteiger partial charge in [0, 0.05) is 44.6 Å². The van der Waals surface area contributed by atoms with Crippen LogP contribution in [0.15, 0.2) is 24.5 Å². The van der Waals surface area contributed by atoms with Gasteiger partial charge in [-0.1, -0.05) is 6.92 Å². The minimum Gasteiger partial charge on any atom is -0.397 e. The second-order valence-electron chi connectivity index (χ2n) is 4.80. The Morgan fingerprint density at radius 2 is 2.30 bits per heavy atom. The summed E-state index contributed by atoms with van der Waals surface area (Å²) in [6, 6.07) is 3.67. The number of aryl methyl sites for hydroxylation is 2. The summed E-state index contributed by atoms with van der Waals surface area (Å²) in [5.74, 6) is -0.0858. The quantitative estimate of drug-likeness (QED) is 0.831. The maximum absolute atomic E-state index is 12.2. The lowest BCUT2D eigenvalue weighted by atomic mass is 10.3. The van der Waals surface area contributed by atoms with Gasteiger partial charge in [-0.25, -0.2) is 0 Å². The first-order valence-electron chi connectivity index (χ1n) is 6.82. The van der Waals surface area contributed by atoms with Gasteiger partial charge in [0.05, 0.1) is 5.69 Å². The fraction of sp³-hybridized carbons (Fsp3) is 0.429. The molecular formula is C14H21N5O. The summed E-state index contributed by atoms with van der Waals surface area (Å²) < 4.78 is 3.71. The van der Waals surface area contributed by atoms with Crippen LogP contribution in [0.3, 0.4) is 0 Å². The summed E-state index contributed by atoms with van der Waals surface area (Å²) in [5.41, 5.74) is 8.09. The van der Waals surface area contributed by atoms with Crippen LogP contribution in [0.4, 0.5) is 5.69 Å². The molecule has 2 rings (SSSR count). The van der Waals surface area contributed by atoms with Crippen molar-refractivity contribution in [2.75, 3.05) is 12.3 Å². The van der Waals surface area contributed by atoms with E-state index in [2.05, 4.69) is 17.3 Å². The number of nitrogens with one attached hydrogen (secondary N) is 1. The standard InChI is InChI=1S/C14H21N5O/c1-3-8-19-10-11(15)9-13(19)14(20)16-6-4-12-5-7-17-18(12)2/h5,7,9-10H,3-4,6,8,15H2,1-2H3,(H,16,20). The number of amides is 1. The molecule has 1 amide bonds. The van der Waals surface area contributed by atoms with E-state index in [-0.39, 0.29) is 5.91 Å². The van der Waals surface area contributed by atoms with Crippen molar-refractivity contribution in [2.24, 2.45) is 7.05 Å². The summed E-state index contributed by atoms with van der Waals surface area (Å²) in [7, 11) is 1.89. The smallest absolute Gasteiger partial charge is 0.267 e. The molecule has 2 aromatic heterocycles. The average Bonchev–Trinajstić information content (AvgIpc) is 2.97. The number of nitrogens with two attached hydrogens (primary N) is 1. The number of carbonyl (C=O) groups is 1. The van der Waals surface area contributed by atoms with Gasteiger partial charge in [-0.2, -0.15) is 5.10 Å². The van der Waals surface area contributed by atoms with Gasteiger partial charge in [-0.05, 0) is 18.6 Å². The molecule has 0 saturated heterocycles. The Kier molecular flexibility index (Phi) is 4.45. The summed E-state index contributed by atoms with van der Waals surface area (Å²) in [6.07, 6.45) is 5.28. The third-order valence-corrected chi connectivity index (χ3v) is 3.20. The lowest BCUT2D eigenvalue weighted by molar-refractivity contribution is 0.0944. The Labute approximate surface area is 118 Å². The highest BCUT2D eigenvalue weighted by Gasteiger charge is 2.12. The van der Waals surface area contributed by atoms with E-state index < -0.39 is 0 Å². The van der Waals surface area contributed by atoms with Gasteiger partial charge in [-0.15, -0.1) is 0 Å². The molecule has 0 atom stereocenters. The lowest BCUT2D eigenvalue weighted by Gasteiger charge is -2.08. The van der Waals surface area contributed by atoms with Crippen molar-refractivity contribution in [3.8, 4) is 0 Å². The van der Waals surface area contributed by atoms with E-state index in [9.17, 15) is 4.79 Å². The molecule has 0 aliphatic heterocycles. The van der Waals surface area contributed by atoms with Gasteiger partial charge >= 0.3 is 0 Å². The van der Waals surface area contributed by atoms with Gasteiger partial charge in [0.1, 0.15) is 5.69 Å². The highest BCUT2D eigenvalue weighted by atomic mass is 16.1. The molecule has 6 nitrogen and oxygen atoms in total. The van der Waals surface area contributed by atoms with Crippen LogP contribution >= 0.6 is 0 Å². The van der Waals surface area contributed by atoms with Crippen LogP contribution < -0.4 is 11.1 Å². The number of nitrogens with zero attached hydrogens (tertiary/aromatic N) is 3. The lowest BCUT2D eigenvalue weighted by Crippen LogP contribution is -2.28. The molecule has 0 aliphatic rings. The number of hydrogen-bond donors (Lipinski definition) is 2. The second-order valence-corrected chi connectivity index (χ2v) is 4.80. The predicted molar refractivity (Wildman–Crippen MR) is 78.4 cm³/mol. The predicted octanol–water partition coefficient (Wildman–Crippen LogP) is 1.19. The molecule has 20 heavy (non-hydrogen) atoms. The molecule has 3 N–H and O–H groups in total. The number of rotatable bonds is 6. The van der Waals surface area contributed by atoms with E-state index in [1.165, 1.54) is 0 Å². The first-order valence-corrected chi connectivity index (χ1v) is 6.82. The maximum Gasteiger partial charge on any atom is 0.267 e. The molecule has 0 fully saturated rings. The number of hydrogen-bond acceptors (Lipinski definition) is 3. The van der Waals surface area contributed by atoms with Crippen LogP contribution in [0.25, 0.3) is 0 Å². The average molecular weight is 275 g/mol. The summed E-state index contributed by atoms with van der Waals surface area (Å²) in [6.45, 7) is 3.44. The fourth-order valence-corrected chi connectivity index (χ4v) is 2.19. The molecule has 0 aliphatic carbocycles. The highest BCUT2D eigenvalue weighted by molar-refractivity contribution is 5.93. The Bertz CT molecular complexity index is 584. The molecule has 0 unspecified atom stereocenters. The van der Waals surface area contributed by atoms with Crippen molar-refractivity contribution in [2.45, 2.75) is 26.3 Å². The fourth-order valence-electron chi connectivity index (χ4n) is 2.19. The van der Waals surface area contributed by atoms with Crippen LogP contribution in [0, 0.1) is 0 Å². The zero-order chi connectivity index (χ0) is 14.5. The summed E-state index contributed by atoms with van der Waals surface area (Å²) in [5, 5.41) is 7.02. The normalized spacial score (nSPS) is 10.7. The molecule has 0 radical (unpaired) electrons. The molecule has 0 saturated carbocycles. The molecular weight excluding hydrogens is 254 g/mol. The molecule has 0 spiro atoms. The molecule has 0 bridgehead atoms. The molecule has 0 aromatic carbocycles. The maximum atomic E-state index is 12.2. The largest absolute Gasteiger partial charge is 0.397 e. The van der Waals surface area contributed by atoms with Crippen molar-refractivity contribution in [3.05, 3.63) is 35.9 Å². The second kappa shape index (κ2) is 6.27. The van der Waals surface area contributed by atoms with Gasteiger partial charge < -0.3 is 15.6 Å². The number of anilines is 1. The number of aromatic nitrogens is 3. The first-order chi connectivity index (χ1) is 9.61. The Morgan fingerprint density at radius 1 is 1.50 bits per heavy atom. The van der Waals surface area contributed by atoms with E-state index in [4.69, 9.17) is 5.73 Å². The van der Waals surface area contributed by atoms with Crippen molar-refractivity contribution in [1.82, 2.24) is 19.7 Å². The molecule has 2 aromatic rings. The van der Waals surface area contributed by atoms with Crippen LogP contribution in [0.2, 0.25) is 0 Å². The third-order valence-electron chi connectivity index (χ3n) is 3.20. The highest BCUT2D eigenvalue weighted by Crippen LogP contribution is 2.11. The topological polar surface area (TPSA) is 77.9 Å². The van der Waals surface area contributed by atoms with Gasteiger partial charge in [0.25, 0.3) is 5.91 Å². The molecule has 108 valence electrons.